The first-order valence-electron chi connectivity index (χ1n) is 8.02. The van der Waals surface area contributed by atoms with Crippen molar-refractivity contribution >= 4 is 33.1 Å². The molecule has 0 aliphatic carbocycles. The second kappa shape index (κ2) is 8.17. The molecule has 0 unspecified atom stereocenters. The number of aryl methyl sites for hydroxylation is 2. The van der Waals surface area contributed by atoms with Crippen molar-refractivity contribution in [1.29, 1.82) is 0 Å². The molecule has 0 bridgehead atoms. The van der Waals surface area contributed by atoms with Crippen LogP contribution >= 0.6 is 0 Å². The van der Waals surface area contributed by atoms with E-state index in [1.54, 1.807) is 13.8 Å². The lowest BCUT2D eigenvalue weighted by Gasteiger charge is -2.09. The number of hydrogen-bond donors (Lipinski definition) is 1. The summed E-state index contributed by atoms with van der Waals surface area (Å²) in [5, 5.41) is 13.5. The van der Waals surface area contributed by atoms with Crippen molar-refractivity contribution in [2.45, 2.75) is 18.7 Å². The fourth-order valence-electron chi connectivity index (χ4n) is 2.29. The van der Waals surface area contributed by atoms with Gasteiger partial charge in [0.05, 0.1) is 15.4 Å². The fourth-order valence-corrected chi connectivity index (χ4v) is 2.92. The van der Waals surface area contributed by atoms with Gasteiger partial charge in [0.15, 0.2) is 16.4 Å². The summed E-state index contributed by atoms with van der Waals surface area (Å²) in [7, 11) is -3.39. The number of carbonyl (C=O) groups is 2. The number of rotatable bonds is 6. The number of amides is 1. The van der Waals surface area contributed by atoms with Crippen LogP contribution in [0.25, 0.3) is 0 Å². The van der Waals surface area contributed by atoms with E-state index in [0.29, 0.717) is 5.56 Å². The molecule has 10 heteroatoms. The number of sulfone groups is 1. The Morgan fingerprint density at radius 2 is 1.68 bits per heavy atom. The summed E-state index contributed by atoms with van der Waals surface area (Å²) < 4.78 is 27.7. The van der Waals surface area contributed by atoms with Crippen LogP contribution < -0.4 is 5.32 Å². The molecular formula is C18H18N2O7S. The van der Waals surface area contributed by atoms with Crippen LogP contribution in [-0.2, 0) is 19.4 Å². The zero-order chi connectivity index (χ0) is 21.1. The molecule has 0 aliphatic heterocycles. The largest absolute Gasteiger partial charge is 0.452 e. The fraction of sp³-hybridized carbons (Fsp3) is 0.222. The summed E-state index contributed by atoms with van der Waals surface area (Å²) >= 11 is 0. The maximum atomic E-state index is 12.0. The third kappa shape index (κ3) is 5.13. The first kappa shape index (κ1) is 21.0. The molecule has 2 rings (SSSR count). The molecule has 2 aromatic rings. The number of nitro benzene ring substituents is 1. The lowest BCUT2D eigenvalue weighted by molar-refractivity contribution is -0.384. The number of nitro groups is 1. The van der Waals surface area contributed by atoms with E-state index in [4.69, 9.17) is 4.74 Å². The molecule has 2 aromatic carbocycles. The van der Waals surface area contributed by atoms with Gasteiger partial charge >= 0.3 is 5.97 Å². The van der Waals surface area contributed by atoms with Crippen LogP contribution in [0, 0.1) is 24.0 Å². The summed E-state index contributed by atoms with van der Waals surface area (Å²) in [6.45, 7) is 2.80. The van der Waals surface area contributed by atoms with E-state index in [1.165, 1.54) is 36.4 Å². The van der Waals surface area contributed by atoms with Crippen LogP contribution in [0.4, 0.5) is 11.4 Å². The normalized spacial score (nSPS) is 11.0. The van der Waals surface area contributed by atoms with E-state index in [-0.39, 0.29) is 21.8 Å². The summed E-state index contributed by atoms with van der Waals surface area (Å²) in [5.74, 6) is -1.57. The van der Waals surface area contributed by atoms with Crippen LogP contribution in [0.2, 0.25) is 0 Å². The predicted molar refractivity (Wildman–Crippen MR) is 101 cm³/mol. The highest BCUT2D eigenvalue weighted by molar-refractivity contribution is 7.90. The number of carbonyl (C=O) groups excluding carboxylic acids is 2. The van der Waals surface area contributed by atoms with Gasteiger partial charge in [0.2, 0.25) is 0 Å². The maximum absolute atomic E-state index is 12.0. The van der Waals surface area contributed by atoms with Crippen molar-refractivity contribution in [3.05, 3.63) is 63.2 Å². The van der Waals surface area contributed by atoms with E-state index in [0.717, 1.165) is 11.8 Å². The van der Waals surface area contributed by atoms with Crippen molar-refractivity contribution in [3.8, 4) is 0 Å². The Morgan fingerprint density at radius 1 is 1.11 bits per heavy atom. The van der Waals surface area contributed by atoms with E-state index >= 15 is 0 Å². The molecule has 0 aromatic heterocycles. The van der Waals surface area contributed by atoms with Gasteiger partial charge in [-0.3, -0.25) is 14.9 Å². The number of nitrogens with one attached hydrogen (secondary N) is 1. The van der Waals surface area contributed by atoms with Gasteiger partial charge in [-0.25, -0.2) is 13.2 Å². The minimum absolute atomic E-state index is 0.00616. The highest BCUT2D eigenvalue weighted by Crippen LogP contribution is 2.27. The van der Waals surface area contributed by atoms with Crippen LogP contribution in [0.3, 0.4) is 0 Å². The van der Waals surface area contributed by atoms with Gasteiger partial charge in [-0.15, -0.1) is 0 Å². The number of benzene rings is 2. The summed E-state index contributed by atoms with van der Waals surface area (Å²) in [6, 6.07) is 7.86. The van der Waals surface area contributed by atoms with Crippen molar-refractivity contribution in [1.82, 2.24) is 0 Å². The Kier molecular flexibility index (Phi) is 6.14. The molecule has 1 N–H and O–H groups in total. The molecule has 148 valence electrons. The molecule has 1 amide bonds. The van der Waals surface area contributed by atoms with Crippen molar-refractivity contribution in [3.63, 3.8) is 0 Å². The Balaban J connectivity index is 2.04. The van der Waals surface area contributed by atoms with Gasteiger partial charge in [0, 0.05) is 12.3 Å². The smallest absolute Gasteiger partial charge is 0.338 e. The summed E-state index contributed by atoms with van der Waals surface area (Å²) in [6.07, 6.45) is 1.04. The van der Waals surface area contributed by atoms with Crippen LogP contribution in [0.1, 0.15) is 21.5 Å². The van der Waals surface area contributed by atoms with E-state index in [1.807, 2.05) is 0 Å². The van der Waals surface area contributed by atoms with E-state index < -0.39 is 33.2 Å². The zero-order valence-electron chi connectivity index (χ0n) is 15.4. The average molecular weight is 406 g/mol. The number of nitrogens with zero attached hydrogens (tertiary/aromatic N) is 1. The Bertz CT molecular complexity index is 1040. The predicted octanol–water partition coefficient (Wildman–Crippen LogP) is 2.41. The monoisotopic (exact) mass is 406 g/mol. The molecule has 0 saturated carbocycles. The number of anilines is 1. The Morgan fingerprint density at radius 3 is 2.21 bits per heavy atom. The molecular weight excluding hydrogens is 388 g/mol. The van der Waals surface area contributed by atoms with Crippen LogP contribution in [-0.4, -0.2) is 38.1 Å². The highest BCUT2D eigenvalue weighted by atomic mass is 32.2. The quantitative estimate of drug-likeness (QED) is 0.442. The molecule has 0 fully saturated rings. The van der Waals surface area contributed by atoms with Gasteiger partial charge in [0.1, 0.15) is 5.69 Å². The third-order valence-corrected chi connectivity index (χ3v) is 5.06. The second-order valence-electron chi connectivity index (χ2n) is 6.13. The molecule has 0 radical (unpaired) electrons. The maximum Gasteiger partial charge on any atom is 0.338 e. The van der Waals surface area contributed by atoms with Crippen LogP contribution in [0.15, 0.2) is 41.3 Å². The zero-order valence-corrected chi connectivity index (χ0v) is 16.2. The van der Waals surface area contributed by atoms with E-state index in [9.17, 15) is 28.1 Å². The van der Waals surface area contributed by atoms with Crippen molar-refractivity contribution in [2.24, 2.45) is 0 Å². The molecule has 0 saturated heterocycles. The first-order valence-corrected chi connectivity index (χ1v) is 9.91. The molecule has 28 heavy (non-hydrogen) atoms. The van der Waals surface area contributed by atoms with Gasteiger partial charge in [-0.1, -0.05) is 0 Å². The van der Waals surface area contributed by atoms with Crippen molar-refractivity contribution < 1.29 is 27.7 Å². The number of esters is 1. The standard InChI is InChI=1S/C18H18N2O7S/c1-11-8-15(16(20(23)24)9-12(11)2)19-17(21)10-27-18(22)13-4-6-14(7-5-13)28(3,25)26/h4-9H,10H2,1-3H3,(H,19,21). The summed E-state index contributed by atoms with van der Waals surface area (Å²) in [4.78, 5) is 34.6. The lowest BCUT2D eigenvalue weighted by Crippen LogP contribution is -2.21. The second-order valence-corrected chi connectivity index (χ2v) is 8.15. The van der Waals surface area contributed by atoms with Gasteiger partial charge in [-0.2, -0.15) is 0 Å². The molecule has 0 aliphatic rings. The third-order valence-electron chi connectivity index (χ3n) is 3.94. The topological polar surface area (TPSA) is 133 Å². The molecule has 9 nitrogen and oxygen atoms in total. The first-order chi connectivity index (χ1) is 13.0. The molecule has 0 heterocycles. The minimum Gasteiger partial charge on any atom is -0.452 e. The van der Waals surface area contributed by atoms with Crippen LogP contribution in [0.5, 0.6) is 0 Å². The SMILES string of the molecule is Cc1cc(NC(=O)COC(=O)c2ccc(S(C)(=O)=O)cc2)c([N+](=O)[O-])cc1C. The van der Waals surface area contributed by atoms with Gasteiger partial charge in [-0.05, 0) is 55.3 Å². The minimum atomic E-state index is -3.39. The van der Waals surface area contributed by atoms with E-state index in [2.05, 4.69) is 5.32 Å². The van der Waals surface area contributed by atoms with Gasteiger partial charge in [0.25, 0.3) is 11.6 Å². The Hall–Kier alpha value is -3.27. The van der Waals surface area contributed by atoms with Gasteiger partial charge < -0.3 is 10.1 Å². The molecule has 0 atom stereocenters. The van der Waals surface area contributed by atoms with Crippen molar-refractivity contribution in [2.75, 3.05) is 18.2 Å². The average Bonchev–Trinajstić information content (AvgIpc) is 2.61. The number of ether oxygens (including phenoxy) is 1. The lowest BCUT2D eigenvalue weighted by atomic mass is 10.1. The number of hydrogen-bond acceptors (Lipinski definition) is 7. The molecule has 0 spiro atoms. The highest BCUT2D eigenvalue weighted by Gasteiger charge is 2.19. The Labute approximate surface area is 161 Å². The summed E-state index contributed by atoms with van der Waals surface area (Å²) in [5.41, 5.74) is 1.26.